The Bertz CT molecular complexity index is 566. The van der Waals surface area contributed by atoms with Gasteiger partial charge in [-0.3, -0.25) is 0 Å². The summed E-state index contributed by atoms with van der Waals surface area (Å²) in [5, 5.41) is 15.8. The maximum absolute atomic E-state index is 11.3. The van der Waals surface area contributed by atoms with Crippen molar-refractivity contribution in [3.05, 3.63) is 36.3 Å². The van der Waals surface area contributed by atoms with E-state index in [-0.39, 0.29) is 32.6 Å². The van der Waals surface area contributed by atoms with Crippen LogP contribution in [0.25, 0.3) is 10.8 Å². The molecule has 0 radical (unpaired) electrons. The molecule has 0 fully saturated rings. The van der Waals surface area contributed by atoms with E-state index in [0.29, 0.717) is 5.39 Å². The van der Waals surface area contributed by atoms with Crippen molar-refractivity contribution in [1.82, 2.24) is 0 Å². The van der Waals surface area contributed by atoms with Gasteiger partial charge in [0.1, 0.15) is 0 Å². The van der Waals surface area contributed by atoms with Crippen molar-refractivity contribution >= 4 is 16.5 Å². The minimum atomic E-state index is -0.286. The summed E-state index contributed by atoms with van der Waals surface area (Å²) in [7, 11) is 0. The van der Waals surface area contributed by atoms with Gasteiger partial charge >= 0.3 is 90.0 Å². The van der Waals surface area contributed by atoms with Gasteiger partial charge in [-0.2, -0.15) is 0 Å². The number of hydrogen-bond acceptors (Lipinski definition) is 3. The minimum absolute atomic E-state index is 0.0567. The van der Waals surface area contributed by atoms with Gasteiger partial charge in [-0.05, 0) is 0 Å². The Hall–Kier alpha value is -1.17. The number of nitrogens with zero attached hydrogens (tertiary/aromatic N) is 1. The molecule has 1 heterocycles. The second-order valence-corrected chi connectivity index (χ2v) is 5.95. The van der Waals surface area contributed by atoms with Crippen LogP contribution in [0.2, 0.25) is 0 Å². The predicted octanol–water partition coefficient (Wildman–Crippen LogP) is -1.25. The Morgan fingerprint density at radius 3 is 2.79 bits per heavy atom. The third kappa shape index (κ3) is 1.03. The Morgan fingerprint density at radius 1 is 1.21 bits per heavy atom. The van der Waals surface area contributed by atoms with Crippen LogP contribution in [-0.4, -0.2) is 0 Å². The molecule has 0 unspecified atom stereocenters. The number of halogens is 1. The SMILES string of the molecule is O=Nc1c([O-])ccc2cc3c(cc12)[I-]3. The molecule has 1 aliphatic rings. The van der Waals surface area contributed by atoms with Crippen LogP contribution in [0.15, 0.2) is 29.4 Å². The van der Waals surface area contributed by atoms with Gasteiger partial charge < -0.3 is 0 Å². The van der Waals surface area contributed by atoms with Crippen LogP contribution in [-0.2, 0) is 0 Å². The van der Waals surface area contributed by atoms with E-state index in [1.807, 2.05) is 6.07 Å². The molecular formula is C10H4INO2-2. The second-order valence-electron chi connectivity index (χ2n) is 3.09. The molecule has 1 aliphatic heterocycles. The first-order chi connectivity index (χ1) is 6.79. The Balaban J connectivity index is 2.47. The predicted molar refractivity (Wildman–Crippen MR) is 46.2 cm³/mol. The van der Waals surface area contributed by atoms with Crippen molar-refractivity contribution in [3.8, 4) is 5.75 Å². The van der Waals surface area contributed by atoms with Gasteiger partial charge in [0.15, 0.2) is 0 Å². The Labute approximate surface area is 90.0 Å². The molecule has 0 amide bonds. The first kappa shape index (κ1) is 8.16. The summed E-state index contributed by atoms with van der Waals surface area (Å²) < 4.78 is 2.73. The zero-order chi connectivity index (χ0) is 9.71. The standard InChI is InChI=1S/C10H5INO2/c13-9-2-1-5-3-7-8(11-7)4-6(5)10(9)12-14/h1-4,13H/q-1/p-1. The zero-order valence-corrected chi connectivity index (χ0v) is 9.11. The van der Waals surface area contributed by atoms with Crippen LogP contribution < -0.4 is 26.3 Å². The van der Waals surface area contributed by atoms with Gasteiger partial charge in [-0.15, -0.1) is 0 Å². The number of benzene rings is 2. The molecule has 2 aromatic rings. The van der Waals surface area contributed by atoms with Crippen LogP contribution in [0, 0.1) is 12.0 Å². The normalized spacial score (nSPS) is 13.1. The molecular weight excluding hydrogens is 293 g/mol. The van der Waals surface area contributed by atoms with E-state index < -0.39 is 0 Å². The number of rotatable bonds is 1. The van der Waals surface area contributed by atoms with Crippen molar-refractivity contribution in [3.63, 3.8) is 0 Å². The van der Waals surface area contributed by atoms with Crippen molar-refractivity contribution in [2.24, 2.45) is 5.18 Å². The topological polar surface area (TPSA) is 52.5 Å². The van der Waals surface area contributed by atoms with E-state index >= 15 is 0 Å². The molecule has 0 saturated heterocycles. The Morgan fingerprint density at radius 2 is 2.00 bits per heavy atom. The fourth-order valence-electron chi connectivity index (χ4n) is 1.52. The fourth-order valence-corrected chi connectivity index (χ4v) is 3.28. The molecule has 0 aromatic heterocycles. The van der Waals surface area contributed by atoms with Crippen LogP contribution >= 0.6 is 0 Å². The molecule has 3 nitrogen and oxygen atoms in total. The van der Waals surface area contributed by atoms with Gasteiger partial charge in [0.25, 0.3) is 0 Å². The molecule has 2 aromatic carbocycles. The summed E-state index contributed by atoms with van der Waals surface area (Å²) in [6.45, 7) is 0. The molecule has 0 spiro atoms. The van der Waals surface area contributed by atoms with Crippen molar-refractivity contribution in [2.45, 2.75) is 0 Å². The Kier molecular flexibility index (Phi) is 1.55. The van der Waals surface area contributed by atoms with Crippen molar-refractivity contribution < 1.29 is 26.3 Å². The fraction of sp³-hybridized carbons (Fsp3) is 0. The summed E-state index contributed by atoms with van der Waals surface area (Å²) in [6, 6.07) is 7.17. The maximum atomic E-state index is 11.3. The molecule has 4 heteroatoms. The molecule has 70 valence electrons. The van der Waals surface area contributed by atoms with E-state index in [1.165, 1.54) is 13.2 Å². The zero-order valence-electron chi connectivity index (χ0n) is 6.95. The second kappa shape index (κ2) is 2.66. The monoisotopic (exact) mass is 297 g/mol. The molecule has 3 rings (SSSR count). The van der Waals surface area contributed by atoms with E-state index in [1.54, 1.807) is 6.07 Å². The van der Waals surface area contributed by atoms with Gasteiger partial charge in [0.2, 0.25) is 0 Å². The van der Waals surface area contributed by atoms with Crippen LogP contribution in [0.4, 0.5) is 5.69 Å². The molecule has 0 saturated carbocycles. The van der Waals surface area contributed by atoms with Crippen molar-refractivity contribution in [1.29, 1.82) is 0 Å². The van der Waals surface area contributed by atoms with Gasteiger partial charge in [0, 0.05) is 0 Å². The molecule has 0 aliphatic carbocycles. The number of nitroso groups, excluding NO2 is 1. The van der Waals surface area contributed by atoms with Gasteiger partial charge in [-0.25, -0.2) is 0 Å². The van der Waals surface area contributed by atoms with Gasteiger partial charge in [-0.1, -0.05) is 0 Å². The van der Waals surface area contributed by atoms with Crippen LogP contribution in [0.5, 0.6) is 5.75 Å². The van der Waals surface area contributed by atoms with E-state index in [0.717, 1.165) is 5.39 Å². The average Bonchev–Trinajstić information content (AvgIpc) is 2.92. The first-order valence-electron chi connectivity index (χ1n) is 4.05. The van der Waals surface area contributed by atoms with Crippen LogP contribution in [0.3, 0.4) is 0 Å². The molecule has 0 bridgehead atoms. The van der Waals surface area contributed by atoms with E-state index in [9.17, 15) is 10.0 Å². The third-order valence-electron chi connectivity index (χ3n) is 2.25. The third-order valence-corrected chi connectivity index (χ3v) is 4.66. The molecule has 0 N–H and O–H groups in total. The van der Waals surface area contributed by atoms with E-state index in [4.69, 9.17) is 0 Å². The van der Waals surface area contributed by atoms with Crippen molar-refractivity contribution in [2.75, 3.05) is 0 Å². The first-order valence-corrected chi connectivity index (χ1v) is 6.21. The van der Waals surface area contributed by atoms with Gasteiger partial charge in [0.05, 0.1) is 0 Å². The number of hydrogen-bond donors (Lipinski definition) is 0. The van der Waals surface area contributed by atoms with E-state index in [2.05, 4.69) is 11.2 Å². The summed E-state index contributed by atoms with van der Waals surface area (Å²) in [5.41, 5.74) is 0.0567. The summed E-state index contributed by atoms with van der Waals surface area (Å²) in [6.07, 6.45) is 0. The summed E-state index contributed by atoms with van der Waals surface area (Å²) in [5.74, 6) is -0.286. The number of fused-ring (bicyclic) bond motifs is 2. The quantitative estimate of drug-likeness (QED) is 0.416. The summed E-state index contributed by atoms with van der Waals surface area (Å²) >= 11 is 0.0708. The molecule has 14 heavy (non-hydrogen) atoms. The average molecular weight is 297 g/mol. The molecule has 0 atom stereocenters. The summed E-state index contributed by atoms with van der Waals surface area (Å²) in [4.78, 5) is 10.5. The van der Waals surface area contributed by atoms with Crippen LogP contribution in [0.1, 0.15) is 0 Å².